The van der Waals surface area contributed by atoms with E-state index in [4.69, 9.17) is 0 Å². The third kappa shape index (κ3) is 2.01. The second kappa shape index (κ2) is 4.26. The number of aryl methyl sites for hydroxylation is 1. The normalized spacial score (nSPS) is 19.5. The lowest BCUT2D eigenvalue weighted by Gasteiger charge is -2.28. The topological polar surface area (TPSA) is 12.0 Å². The van der Waals surface area contributed by atoms with Gasteiger partial charge in [0.2, 0.25) is 0 Å². The molecule has 1 nitrogen and oxygen atoms in total. The van der Waals surface area contributed by atoms with Gasteiger partial charge in [-0.3, -0.25) is 0 Å². The van der Waals surface area contributed by atoms with Gasteiger partial charge in [-0.1, -0.05) is 25.5 Å². The van der Waals surface area contributed by atoms with Crippen LogP contribution in [0.5, 0.6) is 0 Å². The molecule has 0 aromatic heterocycles. The Labute approximate surface area is 92.9 Å². The van der Waals surface area contributed by atoms with Crippen molar-refractivity contribution in [1.82, 2.24) is 0 Å². The molecule has 1 atom stereocenters. The molecule has 82 valence electrons. The third-order valence-corrected chi connectivity index (χ3v) is 3.60. The van der Waals surface area contributed by atoms with Crippen LogP contribution in [0.25, 0.3) is 0 Å². The van der Waals surface area contributed by atoms with Crippen LogP contribution in [0, 0.1) is 19.8 Å². The minimum Gasteiger partial charge on any atom is -0.384 e. The molecule has 2 rings (SSSR count). The maximum Gasteiger partial charge on any atom is 0.0405 e. The molecule has 1 unspecified atom stereocenters. The molecule has 0 saturated heterocycles. The van der Waals surface area contributed by atoms with Gasteiger partial charge < -0.3 is 5.32 Å². The maximum atomic E-state index is 3.61. The van der Waals surface area contributed by atoms with E-state index < -0.39 is 0 Å². The number of hydrogen-bond donors (Lipinski definition) is 1. The van der Waals surface area contributed by atoms with Crippen LogP contribution < -0.4 is 5.32 Å². The van der Waals surface area contributed by atoms with Gasteiger partial charge in [0.1, 0.15) is 0 Å². The van der Waals surface area contributed by atoms with Crippen LogP contribution >= 0.6 is 0 Å². The van der Waals surface area contributed by atoms with Crippen molar-refractivity contribution in [3.05, 3.63) is 28.8 Å². The summed E-state index contributed by atoms with van der Waals surface area (Å²) in [6.07, 6.45) is 3.91. The van der Waals surface area contributed by atoms with Crippen molar-refractivity contribution in [2.24, 2.45) is 5.92 Å². The van der Waals surface area contributed by atoms with E-state index in [0.717, 1.165) is 12.5 Å². The van der Waals surface area contributed by atoms with Crippen LogP contribution in [0.4, 0.5) is 5.69 Å². The molecule has 15 heavy (non-hydrogen) atoms. The van der Waals surface area contributed by atoms with Crippen molar-refractivity contribution in [3.8, 4) is 0 Å². The number of rotatable bonds is 2. The lowest BCUT2D eigenvalue weighted by Crippen LogP contribution is -2.23. The average Bonchev–Trinajstić information content (AvgIpc) is 2.24. The average molecular weight is 203 g/mol. The Morgan fingerprint density at radius 3 is 2.87 bits per heavy atom. The summed E-state index contributed by atoms with van der Waals surface area (Å²) in [4.78, 5) is 0. The van der Waals surface area contributed by atoms with Gasteiger partial charge in [0.15, 0.2) is 0 Å². The maximum absolute atomic E-state index is 3.61. The van der Waals surface area contributed by atoms with Gasteiger partial charge in [-0.15, -0.1) is 0 Å². The molecule has 1 heteroatoms. The van der Waals surface area contributed by atoms with E-state index >= 15 is 0 Å². The standard InChI is InChI=1S/C14H21N/c1-4-5-12-8-13-7-6-10(2)11(3)14(13)15-9-12/h6-7,12,15H,4-5,8-9H2,1-3H3. The van der Waals surface area contributed by atoms with E-state index in [1.807, 2.05) is 0 Å². The molecule has 0 radical (unpaired) electrons. The number of nitrogens with one attached hydrogen (secondary N) is 1. The molecule has 0 bridgehead atoms. The molecule has 0 aliphatic carbocycles. The first-order chi connectivity index (χ1) is 7.22. The van der Waals surface area contributed by atoms with Gasteiger partial charge in [-0.25, -0.2) is 0 Å². The zero-order valence-electron chi connectivity index (χ0n) is 10.1. The highest BCUT2D eigenvalue weighted by Gasteiger charge is 2.18. The van der Waals surface area contributed by atoms with Crippen LogP contribution in [0.2, 0.25) is 0 Å². The van der Waals surface area contributed by atoms with Gasteiger partial charge in [-0.2, -0.15) is 0 Å². The molecular formula is C14H21N. The minimum absolute atomic E-state index is 0.838. The molecule has 1 aromatic carbocycles. The Morgan fingerprint density at radius 2 is 2.13 bits per heavy atom. The van der Waals surface area contributed by atoms with Gasteiger partial charge in [0.05, 0.1) is 0 Å². The summed E-state index contributed by atoms with van der Waals surface area (Å²) >= 11 is 0. The van der Waals surface area contributed by atoms with E-state index in [0.29, 0.717) is 0 Å². The van der Waals surface area contributed by atoms with Crippen LogP contribution in [-0.4, -0.2) is 6.54 Å². The van der Waals surface area contributed by atoms with Crippen molar-refractivity contribution in [2.75, 3.05) is 11.9 Å². The fourth-order valence-electron chi connectivity index (χ4n) is 2.53. The zero-order chi connectivity index (χ0) is 10.8. The van der Waals surface area contributed by atoms with Gasteiger partial charge in [0, 0.05) is 12.2 Å². The number of anilines is 1. The zero-order valence-corrected chi connectivity index (χ0v) is 10.1. The first kappa shape index (κ1) is 10.5. The van der Waals surface area contributed by atoms with Crippen LogP contribution in [0.3, 0.4) is 0 Å². The second-order valence-corrected chi connectivity index (χ2v) is 4.78. The summed E-state index contributed by atoms with van der Waals surface area (Å²) < 4.78 is 0. The molecule has 1 heterocycles. The van der Waals surface area contributed by atoms with E-state index in [2.05, 4.69) is 38.2 Å². The van der Waals surface area contributed by atoms with Crippen molar-refractivity contribution >= 4 is 5.69 Å². The lowest BCUT2D eigenvalue weighted by molar-refractivity contribution is 0.489. The fraction of sp³-hybridized carbons (Fsp3) is 0.571. The molecule has 0 spiro atoms. The van der Waals surface area contributed by atoms with E-state index in [9.17, 15) is 0 Å². The number of hydrogen-bond acceptors (Lipinski definition) is 1. The molecule has 1 N–H and O–H groups in total. The predicted octanol–water partition coefficient (Wildman–Crippen LogP) is 3.69. The highest BCUT2D eigenvalue weighted by Crippen LogP contribution is 2.31. The fourth-order valence-corrected chi connectivity index (χ4v) is 2.53. The lowest BCUT2D eigenvalue weighted by atomic mass is 9.88. The first-order valence-electron chi connectivity index (χ1n) is 6.05. The Morgan fingerprint density at radius 1 is 1.33 bits per heavy atom. The van der Waals surface area contributed by atoms with E-state index in [-0.39, 0.29) is 0 Å². The Balaban J connectivity index is 2.24. The monoisotopic (exact) mass is 203 g/mol. The second-order valence-electron chi connectivity index (χ2n) is 4.78. The van der Waals surface area contributed by atoms with Crippen LogP contribution in [0.15, 0.2) is 12.1 Å². The summed E-state index contributed by atoms with van der Waals surface area (Å²) in [6, 6.07) is 4.55. The third-order valence-electron chi connectivity index (χ3n) is 3.60. The van der Waals surface area contributed by atoms with Crippen molar-refractivity contribution < 1.29 is 0 Å². The largest absolute Gasteiger partial charge is 0.384 e. The quantitative estimate of drug-likeness (QED) is 0.773. The summed E-state index contributed by atoms with van der Waals surface area (Å²) in [6.45, 7) is 7.85. The van der Waals surface area contributed by atoms with E-state index in [1.165, 1.54) is 41.6 Å². The number of fused-ring (bicyclic) bond motifs is 1. The summed E-state index contributed by atoms with van der Waals surface area (Å²) in [5.74, 6) is 0.838. The Kier molecular flexibility index (Phi) is 2.99. The van der Waals surface area contributed by atoms with Gasteiger partial charge >= 0.3 is 0 Å². The molecule has 1 aliphatic heterocycles. The van der Waals surface area contributed by atoms with Crippen LogP contribution in [-0.2, 0) is 6.42 Å². The van der Waals surface area contributed by atoms with Crippen molar-refractivity contribution in [2.45, 2.75) is 40.0 Å². The Bertz CT molecular complexity index is 355. The van der Waals surface area contributed by atoms with Crippen molar-refractivity contribution in [1.29, 1.82) is 0 Å². The van der Waals surface area contributed by atoms with Gasteiger partial charge in [-0.05, 0) is 49.3 Å². The Hall–Kier alpha value is -0.980. The molecule has 0 saturated carbocycles. The predicted molar refractivity (Wildman–Crippen MR) is 66.5 cm³/mol. The SMILES string of the molecule is CCCC1CNc2c(ccc(C)c2C)C1. The van der Waals surface area contributed by atoms with E-state index in [1.54, 1.807) is 0 Å². The summed E-state index contributed by atoms with van der Waals surface area (Å²) in [7, 11) is 0. The molecule has 0 amide bonds. The molecule has 1 aliphatic rings. The molecule has 1 aromatic rings. The first-order valence-corrected chi connectivity index (χ1v) is 6.05. The highest BCUT2D eigenvalue weighted by molar-refractivity contribution is 5.61. The van der Waals surface area contributed by atoms with Crippen molar-refractivity contribution in [3.63, 3.8) is 0 Å². The number of benzene rings is 1. The summed E-state index contributed by atoms with van der Waals surface area (Å²) in [5.41, 5.74) is 5.75. The molecular weight excluding hydrogens is 182 g/mol. The minimum atomic E-state index is 0.838. The van der Waals surface area contributed by atoms with Crippen LogP contribution in [0.1, 0.15) is 36.5 Å². The smallest absolute Gasteiger partial charge is 0.0405 e. The highest BCUT2D eigenvalue weighted by atomic mass is 14.9. The van der Waals surface area contributed by atoms with Gasteiger partial charge in [0.25, 0.3) is 0 Å². The molecule has 0 fully saturated rings. The summed E-state index contributed by atoms with van der Waals surface area (Å²) in [5, 5.41) is 3.61.